The van der Waals surface area contributed by atoms with Crippen LogP contribution in [-0.2, 0) is 4.74 Å². The number of ether oxygens (including phenoxy) is 2. The molecule has 0 aliphatic rings. The second kappa shape index (κ2) is 14.1. The number of rotatable bonds is 10. The van der Waals surface area contributed by atoms with E-state index in [9.17, 15) is 0 Å². The van der Waals surface area contributed by atoms with Gasteiger partial charge in [-0.2, -0.15) is 0 Å². The number of methoxy groups -OCH3 is 1. The van der Waals surface area contributed by atoms with Gasteiger partial charge in [0.15, 0.2) is 5.96 Å². The number of benzene rings is 1. The monoisotopic (exact) mass is 464 g/mol. The molecule has 6 nitrogen and oxygen atoms in total. The van der Waals surface area contributed by atoms with Crippen LogP contribution in [0.25, 0.3) is 0 Å². The van der Waals surface area contributed by atoms with Crippen LogP contribution in [0, 0.1) is 6.92 Å². The van der Waals surface area contributed by atoms with Crippen molar-refractivity contribution in [1.29, 1.82) is 0 Å². The van der Waals surface area contributed by atoms with E-state index in [2.05, 4.69) is 40.6 Å². The van der Waals surface area contributed by atoms with Crippen LogP contribution in [0.2, 0.25) is 0 Å². The van der Waals surface area contributed by atoms with Crippen LogP contribution in [0.5, 0.6) is 5.75 Å². The van der Waals surface area contributed by atoms with Crippen molar-refractivity contribution in [2.45, 2.75) is 20.0 Å². The van der Waals surface area contributed by atoms with E-state index < -0.39 is 0 Å². The van der Waals surface area contributed by atoms with Crippen LogP contribution in [-0.4, -0.2) is 71.0 Å². The fourth-order valence-electron chi connectivity index (χ4n) is 2.15. The zero-order valence-electron chi connectivity index (χ0n) is 16.0. The smallest absolute Gasteiger partial charge is 0.191 e. The van der Waals surface area contributed by atoms with E-state index >= 15 is 0 Å². The number of aryl methyl sites for hydroxylation is 1. The molecule has 144 valence electrons. The Kier molecular flexibility index (Phi) is 13.5. The van der Waals surface area contributed by atoms with Gasteiger partial charge in [0.05, 0.1) is 13.2 Å². The van der Waals surface area contributed by atoms with E-state index in [1.165, 1.54) is 5.56 Å². The van der Waals surface area contributed by atoms with E-state index in [-0.39, 0.29) is 30.1 Å². The lowest BCUT2D eigenvalue weighted by Crippen LogP contribution is -2.44. The number of nitrogens with zero attached hydrogens (tertiary/aromatic N) is 2. The van der Waals surface area contributed by atoms with E-state index in [1.807, 2.05) is 25.1 Å². The topological polar surface area (TPSA) is 58.1 Å². The summed E-state index contributed by atoms with van der Waals surface area (Å²) in [6, 6.07) is 8.09. The summed E-state index contributed by atoms with van der Waals surface area (Å²) in [7, 11) is 5.57. The second-order valence-corrected chi connectivity index (χ2v) is 5.92. The Morgan fingerprint density at radius 2 is 2.04 bits per heavy atom. The zero-order chi connectivity index (χ0) is 17.8. The lowest BCUT2D eigenvalue weighted by Gasteiger charge is -2.20. The van der Waals surface area contributed by atoms with Crippen LogP contribution < -0.4 is 15.4 Å². The molecule has 7 heteroatoms. The number of hydrogen-bond acceptors (Lipinski definition) is 4. The number of halogens is 1. The minimum absolute atomic E-state index is 0. The highest BCUT2D eigenvalue weighted by molar-refractivity contribution is 14.0. The van der Waals surface area contributed by atoms with Crippen molar-refractivity contribution in [3.05, 3.63) is 29.8 Å². The molecule has 0 bridgehead atoms. The molecule has 0 aliphatic carbocycles. The zero-order valence-corrected chi connectivity index (χ0v) is 18.4. The molecule has 0 aromatic heterocycles. The number of likely N-dealkylation sites (N-methyl/N-ethyl adjacent to an activating group) is 1. The molecule has 0 saturated heterocycles. The molecular weight excluding hydrogens is 431 g/mol. The summed E-state index contributed by atoms with van der Waals surface area (Å²) in [5.74, 6) is 1.68. The van der Waals surface area contributed by atoms with Gasteiger partial charge >= 0.3 is 0 Å². The van der Waals surface area contributed by atoms with Gasteiger partial charge < -0.3 is 25.0 Å². The molecule has 25 heavy (non-hydrogen) atoms. The number of aliphatic imine (C=N–C) groups is 1. The first kappa shape index (κ1) is 23.9. The standard InChI is InChI=1S/C18H32N4O2.HI/c1-15-7-6-8-17(13-15)24-16(2)14-21-18(19-3)20-9-10-22(4)11-12-23-5;/h6-8,13,16H,9-12,14H2,1-5H3,(H2,19,20,21);1H. The van der Waals surface area contributed by atoms with Gasteiger partial charge in [-0.05, 0) is 38.6 Å². The Morgan fingerprint density at radius 3 is 2.68 bits per heavy atom. The average molecular weight is 464 g/mol. The molecule has 1 aromatic rings. The van der Waals surface area contributed by atoms with E-state index in [0.29, 0.717) is 6.54 Å². The molecule has 1 unspecified atom stereocenters. The summed E-state index contributed by atoms with van der Waals surface area (Å²) in [6.07, 6.45) is 0.0507. The maximum atomic E-state index is 5.91. The molecule has 2 N–H and O–H groups in total. The van der Waals surface area contributed by atoms with E-state index in [4.69, 9.17) is 9.47 Å². The predicted octanol–water partition coefficient (Wildman–Crippen LogP) is 2.12. The Balaban J connectivity index is 0.00000576. The number of guanidine groups is 1. The van der Waals surface area contributed by atoms with Gasteiger partial charge in [-0.3, -0.25) is 4.99 Å². The summed E-state index contributed by atoms with van der Waals surface area (Å²) >= 11 is 0. The maximum absolute atomic E-state index is 5.91. The first-order chi connectivity index (χ1) is 11.5. The fourth-order valence-corrected chi connectivity index (χ4v) is 2.15. The van der Waals surface area contributed by atoms with Crippen molar-refractivity contribution in [2.24, 2.45) is 4.99 Å². The second-order valence-electron chi connectivity index (χ2n) is 5.92. The van der Waals surface area contributed by atoms with Crippen molar-refractivity contribution >= 4 is 29.9 Å². The SMILES string of the molecule is CN=C(NCCN(C)CCOC)NCC(C)Oc1cccc(C)c1.I. The normalized spacial score (nSPS) is 12.5. The summed E-state index contributed by atoms with van der Waals surface area (Å²) in [5.41, 5.74) is 1.20. The largest absolute Gasteiger partial charge is 0.489 e. The minimum atomic E-state index is 0. The maximum Gasteiger partial charge on any atom is 0.191 e. The van der Waals surface area contributed by atoms with Crippen LogP contribution >= 0.6 is 24.0 Å². The lowest BCUT2D eigenvalue weighted by molar-refractivity contribution is 0.162. The molecule has 0 aliphatic heterocycles. The van der Waals surface area contributed by atoms with Crippen LogP contribution in [0.4, 0.5) is 0 Å². The van der Waals surface area contributed by atoms with Gasteiger partial charge in [-0.15, -0.1) is 24.0 Å². The van der Waals surface area contributed by atoms with Crippen molar-refractivity contribution < 1.29 is 9.47 Å². The molecule has 1 atom stereocenters. The third-order valence-corrected chi connectivity index (χ3v) is 3.57. The molecule has 1 aromatic carbocycles. The summed E-state index contributed by atoms with van der Waals surface area (Å²) in [5, 5.41) is 6.60. The molecule has 1 rings (SSSR count). The lowest BCUT2D eigenvalue weighted by atomic mass is 10.2. The molecule has 0 saturated carbocycles. The highest BCUT2D eigenvalue weighted by Gasteiger charge is 2.06. The summed E-state index contributed by atoms with van der Waals surface area (Å²) in [4.78, 5) is 6.45. The number of nitrogens with one attached hydrogen (secondary N) is 2. The molecule has 0 fully saturated rings. The van der Waals surface area contributed by atoms with Crippen LogP contribution in [0.1, 0.15) is 12.5 Å². The Morgan fingerprint density at radius 1 is 1.28 bits per heavy atom. The third kappa shape index (κ3) is 11.2. The number of hydrogen-bond donors (Lipinski definition) is 2. The van der Waals surface area contributed by atoms with Gasteiger partial charge in [0.25, 0.3) is 0 Å². The van der Waals surface area contributed by atoms with Gasteiger partial charge in [-0.25, -0.2) is 0 Å². The third-order valence-electron chi connectivity index (χ3n) is 3.57. The highest BCUT2D eigenvalue weighted by Crippen LogP contribution is 2.13. The Hall–Kier alpha value is -1.06. The van der Waals surface area contributed by atoms with Crippen LogP contribution in [0.15, 0.2) is 29.3 Å². The first-order valence-electron chi connectivity index (χ1n) is 8.40. The molecule has 0 radical (unpaired) electrons. The summed E-state index contributed by atoms with van der Waals surface area (Å²) < 4.78 is 11.0. The summed E-state index contributed by atoms with van der Waals surface area (Å²) in [6.45, 7) is 8.22. The fraction of sp³-hybridized carbons (Fsp3) is 0.611. The molecule has 0 heterocycles. The molecule has 0 spiro atoms. The van der Waals surface area contributed by atoms with Crippen LogP contribution in [0.3, 0.4) is 0 Å². The Labute approximate surface area is 169 Å². The van der Waals surface area contributed by atoms with E-state index in [0.717, 1.165) is 38.0 Å². The molecule has 0 amide bonds. The van der Waals surface area contributed by atoms with Gasteiger partial charge in [0.2, 0.25) is 0 Å². The van der Waals surface area contributed by atoms with E-state index in [1.54, 1.807) is 14.2 Å². The minimum Gasteiger partial charge on any atom is -0.489 e. The van der Waals surface area contributed by atoms with Gasteiger partial charge in [0, 0.05) is 33.8 Å². The van der Waals surface area contributed by atoms with Gasteiger partial charge in [-0.1, -0.05) is 12.1 Å². The average Bonchev–Trinajstić information content (AvgIpc) is 2.56. The van der Waals surface area contributed by atoms with Crippen molar-refractivity contribution in [3.63, 3.8) is 0 Å². The Bertz CT molecular complexity index is 500. The van der Waals surface area contributed by atoms with Crippen molar-refractivity contribution in [2.75, 3.05) is 54.0 Å². The quantitative estimate of drug-likeness (QED) is 0.316. The van der Waals surface area contributed by atoms with Crippen molar-refractivity contribution in [3.8, 4) is 5.75 Å². The first-order valence-corrected chi connectivity index (χ1v) is 8.40. The van der Waals surface area contributed by atoms with Crippen molar-refractivity contribution in [1.82, 2.24) is 15.5 Å². The van der Waals surface area contributed by atoms with Gasteiger partial charge in [0.1, 0.15) is 11.9 Å². The predicted molar refractivity (Wildman–Crippen MR) is 115 cm³/mol. The molecular formula is C18H33IN4O2. The highest BCUT2D eigenvalue weighted by atomic mass is 127.